The number of hydrogen-bond acceptors (Lipinski definition) is 1. The summed E-state index contributed by atoms with van der Waals surface area (Å²) in [4.78, 5) is 0. The van der Waals surface area contributed by atoms with Crippen molar-refractivity contribution in [3.63, 3.8) is 0 Å². The molecule has 2 bridgehead atoms. The molecule has 3 rings (SSSR count). The van der Waals surface area contributed by atoms with E-state index in [2.05, 4.69) is 5.32 Å². The van der Waals surface area contributed by atoms with Crippen LogP contribution in [0.15, 0.2) is 12.1 Å². The van der Waals surface area contributed by atoms with E-state index in [9.17, 15) is 8.78 Å². The van der Waals surface area contributed by atoms with Gasteiger partial charge in [0.15, 0.2) is 11.6 Å². The summed E-state index contributed by atoms with van der Waals surface area (Å²) in [6.45, 7) is 0. The number of piperidine rings is 1. The van der Waals surface area contributed by atoms with E-state index in [0.29, 0.717) is 0 Å². The summed E-state index contributed by atoms with van der Waals surface area (Å²) < 4.78 is 26.1. The second kappa shape index (κ2) is 3.72. The standard InChI is InChI=1S/C11H11F2N.ClH/c12-8-4-6-7(5-9(8)13)11-3-1-2-10(6)14-11;/h4-5,10-11,14H,1-3H2;1H. The Kier molecular flexibility index (Phi) is 2.69. The van der Waals surface area contributed by atoms with Crippen LogP contribution >= 0.6 is 12.4 Å². The summed E-state index contributed by atoms with van der Waals surface area (Å²) in [7, 11) is 0. The molecule has 2 unspecified atom stereocenters. The summed E-state index contributed by atoms with van der Waals surface area (Å²) in [5.41, 5.74) is 1.93. The highest BCUT2D eigenvalue weighted by molar-refractivity contribution is 5.85. The molecule has 0 aliphatic carbocycles. The molecule has 1 N–H and O–H groups in total. The Morgan fingerprint density at radius 3 is 1.93 bits per heavy atom. The zero-order chi connectivity index (χ0) is 9.71. The van der Waals surface area contributed by atoms with Crippen molar-refractivity contribution in [1.82, 2.24) is 5.32 Å². The topological polar surface area (TPSA) is 12.0 Å². The molecule has 1 aromatic rings. The molecule has 1 aromatic carbocycles. The van der Waals surface area contributed by atoms with Crippen molar-refractivity contribution in [2.75, 3.05) is 0 Å². The zero-order valence-electron chi connectivity index (χ0n) is 8.09. The molecular formula is C11H12ClF2N. The lowest BCUT2D eigenvalue weighted by Gasteiger charge is -2.20. The van der Waals surface area contributed by atoms with E-state index in [4.69, 9.17) is 0 Å². The third-order valence-electron chi connectivity index (χ3n) is 3.26. The average Bonchev–Trinajstić information content (AvgIpc) is 2.42. The molecule has 4 heteroatoms. The molecule has 1 fully saturated rings. The van der Waals surface area contributed by atoms with Gasteiger partial charge in [0.25, 0.3) is 0 Å². The molecule has 0 amide bonds. The van der Waals surface area contributed by atoms with Gasteiger partial charge < -0.3 is 5.32 Å². The van der Waals surface area contributed by atoms with Crippen molar-refractivity contribution in [3.8, 4) is 0 Å². The van der Waals surface area contributed by atoms with E-state index in [0.717, 1.165) is 30.4 Å². The second-order valence-electron chi connectivity index (χ2n) is 4.10. The van der Waals surface area contributed by atoms with Gasteiger partial charge in [-0.25, -0.2) is 8.78 Å². The average molecular weight is 232 g/mol. The molecule has 0 aromatic heterocycles. The van der Waals surface area contributed by atoms with Crippen molar-refractivity contribution in [3.05, 3.63) is 34.9 Å². The fourth-order valence-corrected chi connectivity index (χ4v) is 2.61. The van der Waals surface area contributed by atoms with Gasteiger partial charge >= 0.3 is 0 Å². The fraction of sp³-hybridized carbons (Fsp3) is 0.455. The smallest absolute Gasteiger partial charge is 0.159 e. The minimum absolute atomic E-state index is 0. The Hall–Kier alpha value is -0.670. The zero-order valence-corrected chi connectivity index (χ0v) is 8.91. The Morgan fingerprint density at radius 1 is 1.00 bits per heavy atom. The summed E-state index contributed by atoms with van der Waals surface area (Å²) in [5.74, 6) is -1.45. The lowest BCUT2D eigenvalue weighted by atomic mass is 10.0. The number of fused-ring (bicyclic) bond motifs is 5. The van der Waals surface area contributed by atoms with Gasteiger partial charge in [-0.2, -0.15) is 0 Å². The number of rotatable bonds is 0. The minimum Gasteiger partial charge on any atom is -0.303 e. The molecule has 2 aliphatic heterocycles. The van der Waals surface area contributed by atoms with E-state index >= 15 is 0 Å². The van der Waals surface area contributed by atoms with Gasteiger partial charge in [0, 0.05) is 12.1 Å². The van der Waals surface area contributed by atoms with E-state index < -0.39 is 11.6 Å². The van der Waals surface area contributed by atoms with Crippen LogP contribution in [-0.2, 0) is 0 Å². The van der Waals surface area contributed by atoms with Crippen LogP contribution in [0.1, 0.15) is 42.5 Å². The van der Waals surface area contributed by atoms with Gasteiger partial charge in [0.05, 0.1) is 0 Å². The number of halogens is 3. The van der Waals surface area contributed by atoms with E-state index in [-0.39, 0.29) is 24.5 Å². The summed E-state index contributed by atoms with van der Waals surface area (Å²) in [6.07, 6.45) is 3.21. The molecule has 1 saturated heterocycles. The van der Waals surface area contributed by atoms with Crippen molar-refractivity contribution >= 4 is 12.4 Å². The van der Waals surface area contributed by atoms with Gasteiger partial charge in [-0.05, 0) is 42.5 Å². The van der Waals surface area contributed by atoms with Crippen LogP contribution in [-0.4, -0.2) is 0 Å². The van der Waals surface area contributed by atoms with Crippen LogP contribution in [0, 0.1) is 11.6 Å². The number of hydrogen-bond donors (Lipinski definition) is 1. The lowest BCUT2D eigenvalue weighted by molar-refractivity contribution is 0.370. The summed E-state index contributed by atoms with van der Waals surface area (Å²) in [6, 6.07) is 3.21. The molecule has 1 nitrogen and oxygen atoms in total. The second-order valence-corrected chi connectivity index (χ2v) is 4.10. The van der Waals surface area contributed by atoms with Gasteiger partial charge in [-0.1, -0.05) is 0 Å². The molecule has 0 radical (unpaired) electrons. The number of benzene rings is 1. The normalized spacial score (nSPS) is 27.1. The highest BCUT2D eigenvalue weighted by atomic mass is 35.5. The Balaban J connectivity index is 0.000000853. The van der Waals surface area contributed by atoms with Gasteiger partial charge in [0.2, 0.25) is 0 Å². The maximum Gasteiger partial charge on any atom is 0.159 e. The summed E-state index contributed by atoms with van der Waals surface area (Å²) >= 11 is 0. The van der Waals surface area contributed by atoms with E-state index in [1.807, 2.05) is 0 Å². The molecule has 82 valence electrons. The predicted octanol–water partition coefficient (Wildman–Crippen LogP) is 3.26. The largest absolute Gasteiger partial charge is 0.303 e. The highest BCUT2D eigenvalue weighted by Gasteiger charge is 2.34. The maximum absolute atomic E-state index is 13.0. The van der Waals surface area contributed by atoms with Crippen LogP contribution in [0.25, 0.3) is 0 Å². The quantitative estimate of drug-likeness (QED) is 0.723. The van der Waals surface area contributed by atoms with Crippen LogP contribution in [0.2, 0.25) is 0 Å². The fourth-order valence-electron chi connectivity index (χ4n) is 2.61. The predicted molar refractivity (Wildman–Crippen MR) is 56.1 cm³/mol. The van der Waals surface area contributed by atoms with E-state index in [1.54, 1.807) is 0 Å². The molecule has 0 saturated carbocycles. The lowest BCUT2D eigenvalue weighted by Crippen LogP contribution is -2.22. The first kappa shape index (κ1) is 10.8. The van der Waals surface area contributed by atoms with Gasteiger partial charge in [0.1, 0.15) is 0 Å². The van der Waals surface area contributed by atoms with Crippen molar-refractivity contribution < 1.29 is 8.78 Å². The Labute approximate surface area is 93.3 Å². The van der Waals surface area contributed by atoms with Gasteiger partial charge in [-0.15, -0.1) is 12.4 Å². The molecule has 2 aliphatic rings. The molecule has 0 spiro atoms. The Bertz CT molecular complexity index is 359. The molecular weight excluding hydrogens is 220 g/mol. The van der Waals surface area contributed by atoms with Crippen molar-refractivity contribution in [1.29, 1.82) is 0 Å². The van der Waals surface area contributed by atoms with Crippen LogP contribution in [0.5, 0.6) is 0 Å². The first-order valence-corrected chi connectivity index (χ1v) is 5.00. The van der Waals surface area contributed by atoms with Gasteiger partial charge in [-0.3, -0.25) is 0 Å². The first-order chi connectivity index (χ1) is 6.75. The van der Waals surface area contributed by atoms with Crippen LogP contribution in [0.4, 0.5) is 8.78 Å². The SMILES string of the molecule is Cl.Fc1cc2c(cc1F)C1CCCC2N1. The van der Waals surface area contributed by atoms with E-state index in [1.165, 1.54) is 12.1 Å². The van der Waals surface area contributed by atoms with Crippen molar-refractivity contribution in [2.45, 2.75) is 31.3 Å². The minimum atomic E-state index is -0.724. The molecule has 15 heavy (non-hydrogen) atoms. The molecule has 2 atom stereocenters. The Morgan fingerprint density at radius 2 is 1.47 bits per heavy atom. The third kappa shape index (κ3) is 1.54. The highest BCUT2D eigenvalue weighted by Crippen LogP contribution is 2.43. The summed E-state index contributed by atoms with van der Waals surface area (Å²) in [5, 5.41) is 3.38. The van der Waals surface area contributed by atoms with Crippen molar-refractivity contribution in [2.24, 2.45) is 0 Å². The third-order valence-corrected chi connectivity index (χ3v) is 3.26. The molecule has 2 heterocycles. The maximum atomic E-state index is 13.0. The monoisotopic (exact) mass is 231 g/mol. The number of nitrogens with one attached hydrogen (secondary N) is 1. The van der Waals surface area contributed by atoms with Crippen LogP contribution < -0.4 is 5.32 Å². The first-order valence-electron chi connectivity index (χ1n) is 5.00. The van der Waals surface area contributed by atoms with Crippen LogP contribution in [0.3, 0.4) is 0 Å².